The molecular weight excluding hydrogens is 354 g/mol. The normalized spacial score (nSPS) is 13.3. The SMILES string of the molecule is CCCC(COc1ccc(Br)cc1Cl)CS(N)(=O)=O. The van der Waals surface area contributed by atoms with Crippen molar-refractivity contribution in [3.8, 4) is 5.75 Å². The van der Waals surface area contributed by atoms with Gasteiger partial charge in [-0.05, 0) is 24.6 Å². The fraction of sp³-hybridized carbons (Fsp3) is 0.500. The summed E-state index contributed by atoms with van der Waals surface area (Å²) >= 11 is 9.33. The van der Waals surface area contributed by atoms with E-state index in [9.17, 15) is 8.42 Å². The Morgan fingerprint density at radius 2 is 2.16 bits per heavy atom. The number of primary sulfonamides is 1. The van der Waals surface area contributed by atoms with Gasteiger partial charge in [0.05, 0.1) is 17.4 Å². The molecular formula is C12H17BrClNO3S. The molecule has 1 aromatic rings. The average molecular weight is 371 g/mol. The first-order chi connectivity index (χ1) is 8.81. The van der Waals surface area contributed by atoms with Crippen LogP contribution in [0.4, 0.5) is 0 Å². The standard InChI is InChI=1S/C12H17BrClNO3S/c1-2-3-9(8-19(15,16)17)7-18-12-5-4-10(13)6-11(12)14/h4-6,9H,2-3,7-8H2,1H3,(H2,15,16,17). The quantitative estimate of drug-likeness (QED) is 0.801. The van der Waals surface area contributed by atoms with Gasteiger partial charge in [0.2, 0.25) is 10.0 Å². The highest BCUT2D eigenvalue weighted by Crippen LogP contribution is 2.28. The fourth-order valence-corrected chi connectivity index (χ4v) is 3.40. The molecule has 1 unspecified atom stereocenters. The minimum Gasteiger partial charge on any atom is -0.492 e. The van der Waals surface area contributed by atoms with Gasteiger partial charge in [0.1, 0.15) is 5.75 Å². The molecule has 0 aliphatic heterocycles. The van der Waals surface area contributed by atoms with Crippen molar-refractivity contribution in [3.05, 3.63) is 27.7 Å². The number of nitrogens with two attached hydrogens (primary N) is 1. The van der Waals surface area contributed by atoms with E-state index in [-0.39, 0.29) is 18.3 Å². The number of sulfonamides is 1. The summed E-state index contributed by atoms with van der Waals surface area (Å²) in [6.45, 7) is 2.27. The van der Waals surface area contributed by atoms with Gasteiger partial charge < -0.3 is 4.74 Å². The second-order valence-electron chi connectivity index (χ2n) is 4.37. The van der Waals surface area contributed by atoms with E-state index < -0.39 is 10.0 Å². The summed E-state index contributed by atoms with van der Waals surface area (Å²) in [6.07, 6.45) is 1.61. The summed E-state index contributed by atoms with van der Waals surface area (Å²) in [5.41, 5.74) is 0. The highest BCUT2D eigenvalue weighted by molar-refractivity contribution is 9.10. The second-order valence-corrected chi connectivity index (χ2v) is 7.35. The summed E-state index contributed by atoms with van der Waals surface area (Å²) in [5, 5.41) is 5.56. The van der Waals surface area contributed by atoms with Crippen LogP contribution in [0.3, 0.4) is 0 Å². The van der Waals surface area contributed by atoms with Gasteiger partial charge in [-0.2, -0.15) is 0 Å². The Kier molecular flexibility index (Phi) is 6.59. The summed E-state index contributed by atoms with van der Waals surface area (Å²) in [7, 11) is -3.49. The maximum absolute atomic E-state index is 11.1. The summed E-state index contributed by atoms with van der Waals surface area (Å²) in [4.78, 5) is 0. The Hall–Kier alpha value is -0.300. The Bertz CT molecular complexity index is 522. The molecule has 1 aromatic carbocycles. The first-order valence-corrected chi connectivity index (χ1v) is 8.78. The predicted molar refractivity (Wildman–Crippen MR) is 81.0 cm³/mol. The van der Waals surface area contributed by atoms with E-state index in [0.29, 0.717) is 10.8 Å². The molecule has 19 heavy (non-hydrogen) atoms. The van der Waals surface area contributed by atoms with Gasteiger partial charge in [-0.3, -0.25) is 0 Å². The number of benzene rings is 1. The van der Waals surface area contributed by atoms with Crippen LogP contribution in [0.5, 0.6) is 5.75 Å². The van der Waals surface area contributed by atoms with Crippen molar-refractivity contribution in [2.24, 2.45) is 11.1 Å². The third-order valence-electron chi connectivity index (χ3n) is 2.53. The molecule has 4 nitrogen and oxygen atoms in total. The van der Waals surface area contributed by atoms with Crippen LogP contribution in [-0.2, 0) is 10.0 Å². The molecule has 7 heteroatoms. The minimum absolute atomic E-state index is 0.0744. The Balaban J connectivity index is 2.65. The molecule has 0 aliphatic rings. The lowest BCUT2D eigenvalue weighted by atomic mass is 10.1. The van der Waals surface area contributed by atoms with Gasteiger partial charge in [0.25, 0.3) is 0 Å². The van der Waals surface area contributed by atoms with E-state index in [4.69, 9.17) is 21.5 Å². The number of ether oxygens (including phenoxy) is 1. The van der Waals surface area contributed by atoms with Crippen LogP contribution in [0.25, 0.3) is 0 Å². The van der Waals surface area contributed by atoms with Crippen LogP contribution in [-0.4, -0.2) is 20.8 Å². The molecule has 0 spiro atoms. The molecule has 1 atom stereocenters. The summed E-state index contributed by atoms with van der Waals surface area (Å²) < 4.78 is 28.7. The molecule has 0 bridgehead atoms. The summed E-state index contributed by atoms with van der Waals surface area (Å²) in [6, 6.07) is 5.29. The lowest BCUT2D eigenvalue weighted by Crippen LogP contribution is -2.27. The van der Waals surface area contributed by atoms with Gasteiger partial charge in [0, 0.05) is 10.4 Å². The molecule has 0 fully saturated rings. The highest BCUT2D eigenvalue weighted by atomic mass is 79.9. The number of hydrogen-bond donors (Lipinski definition) is 1. The smallest absolute Gasteiger partial charge is 0.209 e. The number of rotatable bonds is 7. The van der Waals surface area contributed by atoms with Crippen molar-refractivity contribution in [2.45, 2.75) is 19.8 Å². The molecule has 108 valence electrons. The van der Waals surface area contributed by atoms with Crippen LogP contribution < -0.4 is 9.88 Å². The first-order valence-electron chi connectivity index (χ1n) is 5.90. The Morgan fingerprint density at radius 3 is 2.68 bits per heavy atom. The van der Waals surface area contributed by atoms with Crippen molar-refractivity contribution in [1.29, 1.82) is 0 Å². The van der Waals surface area contributed by atoms with E-state index in [1.807, 2.05) is 13.0 Å². The first kappa shape index (κ1) is 16.8. The molecule has 2 N–H and O–H groups in total. The van der Waals surface area contributed by atoms with Gasteiger partial charge >= 0.3 is 0 Å². The van der Waals surface area contributed by atoms with Crippen LogP contribution in [0.2, 0.25) is 5.02 Å². The van der Waals surface area contributed by atoms with E-state index >= 15 is 0 Å². The zero-order chi connectivity index (χ0) is 14.5. The monoisotopic (exact) mass is 369 g/mol. The van der Waals surface area contributed by atoms with E-state index in [1.165, 1.54) is 0 Å². The van der Waals surface area contributed by atoms with Gasteiger partial charge in [-0.15, -0.1) is 0 Å². The lowest BCUT2D eigenvalue weighted by Gasteiger charge is -2.16. The van der Waals surface area contributed by atoms with E-state index in [2.05, 4.69) is 15.9 Å². The van der Waals surface area contributed by atoms with Crippen molar-refractivity contribution < 1.29 is 13.2 Å². The van der Waals surface area contributed by atoms with E-state index in [1.54, 1.807) is 12.1 Å². The third kappa shape index (κ3) is 6.61. The Labute approximate surface area is 127 Å². The van der Waals surface area contributed by atoms with Crippen molar-refractivity contribution in [3.63, 3.8) is 0 Å². The van der Waals surface area contributed by atoms with Crippen LogP contribution >= 0.6 is 27.5 Å². The molecule has 0 radical (unpaired) electrons. The predicted octanol–water partition coefficient (Wildman–Crippen LogP) is 3.19. The largest absolute Gasteiger partial charge is 0.492 e. The van der Waals surface area contributed by atoms with Crippen LogP contribution in [0, 0.1) is 5.92 Å². The van der Waals surface area contributed by atoms with Crippen LogP contribution in [0.1, 0.15) is 19.8 Å². The zero-order valence-corrected chi connectivity index (χ0v) is 13.8. The highest BCUT2D eigenvalue weighted by Gasteiger charge is 2.16. The number of halogens is 2. The number of hydrogen-bond acceptors (Lipinski definition) is 3. The van der Waals surface area contributed by atoms with Crippen molar-refractivity contribution in [2.75, 3.05) is 12.4 Å². The van der Waals surface area contributed by atoms with Crippen molar-refractivity contribution in [1.82, 2.24) is 0 Å². The lowest BCUT2D eigenvalue weighted by molar-refractivity contribution is 0.252. The average Bonchev–Trinajstić information content (AvgIpc) is 2.26. The van der Waals surface area contributed by atoms with E-state index in [0.717, 1.165) is 17.3 Å². The topological polar surface area (TPSA) is 69.4 Å². The fourth-order valence-electron chi connectivity index (χ4n) is 1.75. The molecule has 0 aliphatic carbocycles. The van der Waals surface area contributed by atoms with Crippen molar-refractivity contribution >= 4 is 37.6 Å². The second kappa shape index (κ2) is 7.47. The minimum atomic E-state index is -3.49. The van der Waals surface area contributed by atoms with Gasteiger partial charge in [-0.25, -0.2) is 13.6 Å². The molecule has 0 saturated carbocycles. The molecule has 0 aromatic heterocycles. The maximum atomic E-state index is 11.1. The maximum Gasteiger partial charge on any atom is 0.209 e. The van der Waals surface area contributed by atoms with Crippen LogP contribution in [0.15, 0.2) is 22.7 Å². The molecule has 0 saturated heterocycles. The third-order valence-corrected chi connectivity index (χ3v) is 4.26. The zero-order valence-electron chi connectivity index (χ0n) is 10.6. The Morgan fingerprint density at radius 1 is 1.47 bits per heavy atom. The molecule has 1 rings (SSSR count). The van der Waals surface area contributed by atoms with Gasteiger partial charge in [-0.1, -0.05) is 40.9 Å². The molecule has 0 amide bonds. The summed E-state index contributed by atoms with van der Waals surface area (Å²) in [5.74, 6) is 0.342. The van der Waals surface area contributed by atoms with Gasteiger partial charge in [0.15, 0.2) is 0 Å². The molecule has 0 heterocycles.